The van der Waals surface area contributed by atoms with Gasteiger partial charge in [-0.15, -0.1) is 0 Å². The number of rotatable bonds is 2. The third-order valence-corrected chi connectivity index (χ3v) is 2.95. The van der Waals surface area contributed by atoms with Crippen LogP contribution in [0.5, 0.6) is 0 Å². The van der Waals surface area contributed by atoms with Crippen molar-refractivity contribution in [1.82, 2.24) is 15.1 Å². The van der Waals surface area contributed by atoms with Crippen LogP contribution >= 0.6 is 0 Å². The maximum absolute atomic E-state index is 12.1. The van der Waals surface area contributed by atoms with Crippen LogP contribution < -0.4 is 5.56 Å². The Labute approximate surface area is 102 Å². The molecule has 0 bridgehead atoms. The molecule has 0 radical (unpaired) electrons. The molecule has 1 aromatic heterocycles. The molecular formula is C11H13N3O4. The highest BCUT2D eigenvalue weighted by Gasteiger charge is 2.32. The molecule has 2 rings (SSSR count). The van der Waals surface area contributed by atoms with E-state index < -0.39 is 23.5 Å². The van der Waals surface area contributed by atoms with E-state index in [0.29, 0.717) is 13.0 Å². The first-order valence-electron chi connectivity index (χ1n) is 5.69. The highest BCUT2D eigenvalue weighted by Crippen LogP contribution is 2.18. The molecule has 0 aliphatic carbocycles. The minimum Gasteiger partial charge on any atom is -0.480 e. The van der Waals surface area contributed by atoms with Gasteiger partial charge >= 0.3 is 5.97 Å². The molecule has 7 nitrogen and oxygen atoms in total. The molecule has 1 aliphatic rings. The van der Waals surface area contributed by atoms with E-state index in [-0.39, 0.29) is 5.69 Å². The Kier molecular flexibility index (Phi) is 3.40. The quantitative estimate of drug-likeness (QED) is 0.760. The summed E-state index contributed by atoms with van der Waals surface area (Å²) in [6.07, 6.45) is 2.02. The second-order valence-electron chi connectivity index (χ2n) is 4.15. The van der Waals surface area contributed by atoms with Crippen molar-refractivity contribution in [3.63, 3.8) is 0 Å². The molecule has 96 valence electrons. The fraction of sp³-hybridized carbons (Fsp3) is 0.455. The number of aromatic amines is 1. The van der Waals surface area contributed by atoms with E-state index in [0.717, 1.165) is 12.8 Å². The average Bonchev–Trinajstić information content (AvgIpc) is 2.39. The fourth-order valence-corrected chi connectivity index (χ4v) is 2.04. The summed E-state index contributed by atoms with van der Waals surface area (Å²) in [5, 5.41) is 14.9. The minimum atomic E-state index is -1.01. The normalized spacial score (nSPS) is 19.6. The Morgan fingerprint density at radius 2 is 2.17 bits per heavy atom. The Balaban J connectivity index is 2.23. The summed E-state index contributed by atoms with van der Waals surface area (Å²) in [5.74, 6) is -1.47. The lowest BCUT2D eigenvalue weighted by Gasteiger charge is -2.32. The van der Waals surface area contributed by atoms with Gasteiger partial charge in [0.05, 0.1) is 0 Å². The Morgan fingerprint density at radius 3 is 2.78 bits per heavy atom. The molecule has 1 aliphatic heterocycles. The molecule has 7 heteroatoms. The zero-order valence-electron chi connectivity index (χ0n) is 9.63. The Bertz CT molecular complexity index is 505. The lowest BCUT2D eigenvalue weighted by atomic mass is 10.0. The molecule has 1 fully saturated rings. The van der Waals surface area contributed by atoms with Gasteiger partial charge in [-0.2, -0.15) is 5.10 Å². The van der Waals surface area contributed by atoms with Crippen molar-refractivity contribution in [2.75, 3.05) is 6.54 Å². The van der Waals surface area contributed by atoms with E-state index in [4.69, 9.17) is 5.11 Å². The second-order valence-corrected chi connectivity index (χ2v) is 4.15. The monoisotopic (exact) mass is 251 g/mol. The molecule has 0 unspecified atom stereocenters. The van der Waals surface area contributed by atoms with Gasteiger partial charge in [-0.1, -0.05) is 0 Å². The molecule has 1 atom stereocenters. The zero-order valence-corrected chi connectivity index (χ0v) is 9.63. The minimum absolute atomic E-state index is 0.0581. The number of aromatic nitrogens is 2. The SMILES string of the molecule is O=C(O)[C@@H]1CCCCN1C(=O)c1ccc(=O)[nH]n1. The third-order valence-electron chi connectivity index (χ3n) is 2.95. The topological polar surface area (TPSA) is 103 Å². The van der Waals surface area contributed by atoms with E-state index in [1.54, 1.807) is 0 Å². The van der Waals surface area contributed by atoms with E-state index in [1.807, 2.05) is 0 Å². The van der Waals surface area contributed by atoms with Gasteiger partial charge < -0.3 is 10.0 Å². The summed E-state index contributed by atoms with van der Waals surface area (Å²) in [4.78, 5) is 35.3. The molecule has 1 amide bonds. The van der Waals surface area contributed by atoms with Gasteiger partial charge in [-0.3, -0.25) is 9.59 Å². The van der Waals surface area contributed by atoms with Crippen molar-refractivity contribution in [1.29, 1.82) is 0 Å². The van der Waals surface area contributed by atoms with Crippen LogP contribution in [-0.2, 0) is 4.79 Å². The molecule has 1 aromatic rings. The fourth-order valence-electron chi connectivity index (χ4n) is 2.04. The Morgan fingerprint density at radius 1 is 1.39 bits per heavy atom. The molecular weight excluding hydrogens is 238 g/mol. The number of amides is 1. The number of nitrogens with one attached hydrogen (secondary N) is 1. The van der Waals surface area contributed by atoms with Gasteiger partial charge in [0.1, 0.15) is 11.7 Å². The molecule has 2 heterocycles. The van der Waals surface area contributed by atoms with Crippen molar-refractivity contribution in [3.05, 3.63) is 28.2 Å². The van der Waals surface area contributed by atoms with Gasteiger partial charge in [0.25, 0.3) is 11.5 Å². The van der Waals surface area contributed by atoms with E-state index in [9.17, 15) is 14.4 Å². The van der Waals surface area contributed by atoms with Crippen molar-refractivity contribution in [3.8, 4) is 0 Å². The van der Waals surface area contributed by atoms with Crippen LogP contribution in [0.2, 0.25) is 0 Å². The lowest BCUT2D eigenvalue weighted by Crippen LogP contribution is -2.48. The van der Waals surface area contributed by atoms with Crippen LogP contribution in [0.3, 0.4) is 0 Å². The maximum atomic E-state index is 12.1. The molecule has 0 spiro atoms. The number of carboxylic acid groups (broad SMARTS) is 1. The summed E-state index contributed by atoms with van der Waals surface area (Å²) in [5.41, 5.74) is -0.345. The van der Waals surface area contributed by atoms with Crippen molar-refractivity contribution in [2.45, 2.75) is 25.3 Å². The maximum Gasteiger partial charge on any atom is 0.326 e. The molecule has 0 aromatic carbocycles. The predicted molar refractivity (Wildman–Crippen MR) is 61.2 cm³/mol. The van der Waals surface area contributed by atoms with Crippen molar-refractivity contribution >= 4 is 11.9 Å². The number of carbonyl (C=O) groups is 2. The second kappa shape index (κ2) is 4.99. The van der Waals surface area contributed by atoms with Crippen LogP contribution in [0, 0.1) is 0 Å². The number of H-pyrrole nitrogens is 1. The number of carboxylic acids is 1. The summed E-state index contributed by atoms with van der Waals surface area (Å²) in [6, 6.07) is 1.69. The molecule has 2 N–H and O–H groups in total. The summed E-state index contributed by atoms with van der Waals surface area (Å²) in [7, 11) is 0. The first kappa shape index (κ1) is 12.3. The van der Waals surface area contributed by atoms with E-state index >= 15 is 0 Å². The van der Waals surface area contributed by atoms with E-state index in [1.165, 1.54) is 17.0 Å². The molecule has 0 saturated carbocycles. The number of piperidine rings is 1. The molecule has 18 heavy (non-hydrogen) atoms. The number of carbonyl (C=O) groups excluding carboxylic acids is 1. The highest BCUT2D eigenvalue weighted by molar-refractivity contribution is 5.94. The standard InChI is InChI=1S/C11H13N3O4/c15-9-5-4-7(12-13-9)10(16)14-6-2-1-3-8(14)11(17)18/h4-5,8H,1-3,6H2,(H,13,15)(H,17,18)/t8-/m0/s1. The first-order valence-corrected chi connectivity index (χ1v) is 5.69. The van der Waals surface area contributed by atoms with Crippen LogP contribution in [0.25, 0.3) is 0 Å². The van der Waals surface area contributed by atoms with Gasteiger partial charge in [-0.25, -0.2) is 9.89 Å². The van der Waals surface area contributed by atoms with Gasteiger partial charge in [-0.05, 0) is 25.3 Å². The smallest absolute Gasteiger partial charge is 0.326 e. The predicted octanol–water partition coefficient (Wildman–Crippen LogP) is -0.151. The van der Waals surface area contributed by atoms with Crippen molar-refractivity contribution in [2.24, 2.45) is 0 Å². The van der Waals surface area contributed by atoms with E-state index in [2.05, 4.69) is 10.2 Å². The summed E-state index contributed by atoms with van der Waals surface area (Å²) >= 11 is 0. The zero-order chi connectivity index (χ0) is 13.1. The van der Waals surface area contributed by atoms with Crippen LogP contribution in [-0.4, -0.2) is 44.7 Å². The third kappa shape index (κ3) is 2.39. The number of hydrogen-bond donors (Lipinski definition) is 2. The van der Waals surface area contributed by atoms with Gasteiger partial charge in [0.2, 0.25) is 0 Å². The number of hydrogen-bond acceptors (Lipinski definition) is 4. The lowest BCUT2D eigenvalue weighted by molar-refractivity contribution is -0.143. The largest absolute Gasteiger partial charge is 0.480 e. The van der Waals surface area contributed by atoms with Gasteiger partial charge in [0, 0.05) is 12.6 Å². The van der Waals surface area contributed by atoms with Crippen LogP contribution in [0.15, 0.2) is 16.9 Å². The first-order chi connectivity index (χ1) is 8.59. The molecule has 1 saturated heterocycles. The number of nitrogens with zero attached hydrogens (tertiary/aromatic N) is 2. The average molecular weight is 251 g/mol. The van der Waals surface area contributed by atoms with Crippen LogP contribution in [0.4, 0.5) is 0 Å². The number of aliphatic carboxylic acids is 1. The summed E-state index contributed by atoms with van der Waals surface area (Å²) < 4.78 is 0. The van der Waals surface area contributed by atoms with Crippen LogP contribution in [0.1, 0.15) is 29.8 Å². The number of likely N-dealkylation sites (tertiary alicyclic amines) is 1. The Hall–Kier alpha value is -2.18. The highest BCUT2D eigenvalue weighted by atomic mass is 16.4. The van der Waals surface area contributed by atoms with Gasteiger partial charge in [0.15, 0.2) is 0 Å². The summed E-state index contributed by atoms with van der Waals surface area (Å²) in [6.45, 7) is 0.399. The van der Waals surface area contributed by atoms with Crippen molar-refractivity contribution < 1.29 is 14.7 Å².